The Labute approximate surface area is 100.0 Å². The smallest absolute Gasteiger partial charge is 0.382 e. The van der Waals surface area contributed by atoms with Gasteiger partial charge in [-0.25, -0.2) is 0 Å². The summed E-state index contributed by atoms with van der Waals surface area (Å²) in [6.07, 6.45) is -3.65. The van der Waals surface area contributed by atoms with Gasteiger partial charge in [-0.3, -0.25) is 0 Å². The molecule has 1 rings (SSSR count). The van der Waals surface area contributed by atoms with E-state index < -0.39 is 18.8 Å². The van der Waals surface area contributed by atoms with Crippen LogP contribution in [0.3, 0.4) is 0 Å². The molecule has 1 aliphatic heterocycles. The summed E-state index contributed by atoms with van der Waals surface area (Å²) in [5, 5.41) is 11.4. The van der Waals surface area contributed by atoms with E-state index in [1.165, 1.54) is 0 Å². The van der Waals surface area contributed by atoms with E-state index in [-0.39, 0.29) is 0 Å². The Hall–Kier alpha value is -0.330. The summed E-state index contributed by atoms with van der Waals surface area (Å²) in [6.45, 7) is 2.27. The van der Waals surface area contributed by atoms with Gasteiger partial charge < -0.3 is 15.3 Å². The van der Waals surface area contributed by atoms with Crippen LogP contribution < -0.4 is 5.32 Å². The number of likely N-dealkylation sites (tertiary alicyclic amines) is 1. The van der Waals surface area contributed by atoms with Crippen molar-refractivity contribution in [1.29, 1.82) is 0 Å². The van der Waals surface area contributed by atoms with Gasteiger partial charge in [0.1, 0.15) is 0 Å². The highest BCUT2D eigenvalue weighted by atomic mass is 19.4. The van der Waals surface area contributed by atoms with E-state index in [0.717, 1.165) is 32.4 Å². The third-order valence-corrected chi connectivity index (χ3v) is 3.28. The number of alkyl halides is 3. The van der Waals surface area contributed by atoms with Crippen LogP contribution >= 0.6 is 0 Å². The number of aliphatic hydroxyl groups excluding tert-OH is 1. The lowest BCUT2D eigenvalue weighted by atomic mass is 9.94. The highest BCUT2D eigenvalue weighted by Gasteiger charge is 2.37. The van der Waals surface area contributed by atoms with Gasteiger partial charge in [0.15, 0.2) is 6.10 Å². The van der Waals surface area contributed by atoms with Crippen LogP contribution in [-0.2, 0) is 0 Å². The molecule has 0 saturated carbocycles. The zero-order valence-corrected chi connectivity index (χ0v) is 10.1. The van der Waals surface area contributed by atoms with Gasteiger partial charge in [-0.2, -0.15) is 13.2 Å². The summed E-state index contributed by atoms with van der Waals surface area (Å²) < 4.78 is 35.9. The summed E-state index contributed by atoms with van der Waals surface area (Å²) in [5.41, 5.74) is 0. The Morgan fingerprint density at radius 2 is 1.94 bits per heavy atom. The van der Waals surface area contributed by atoms with Crippen LogP contribution in [0.25, 0.3) is 0 Å². The van der Waals surface area contributed by atoms with E-state index >= 15 is 0 Å². The molecule has 0 amide bonds. The third-order valence-electron chi connectivity index (χ3n) is 3.28. The van der Waals surface area contributed by atoms with Crippen molar-refractivity contribution < 1.29 is 18.3 Å². The summed E-state index contributed by atoms with van der Waals surface area (Å²) in [5.74, 6) is 0.599. The predicted molar refractivity (Wildman–Crippen MR) is 59.8 cm³/mol. The van der Waals surface area contributed by atoms with E-state index in [2.05, 4.69) is 17.3 Å². The standard InChI is InChI=1S/C11H21F3N2O/c1-16-6-3-9(4-7-16)2-5-15-8-10(17)11(12,13)14/h9-10,15,17H,2-8H2,1H3. The first-order chi connectivity index (χ1) is 7.89. The van der Waals surface area contributed by atoms with Crippen LogP contribution in [0.4, 0.5) is 13.2 Å². The van der Waals surface area contributed by atoms with Crippen molar-refractivity contribution in [3.05, 3.63) is 0 Å². The quantitative estimate of drug-likeness (QED) is 0.724. The molecule has 1 unspecified atom stereocenters. The monoisotopic (exact) mass is 254 g/mol. The predicted octanol–water partition coefficient (Wildman–Crippen LogP) is 1.23. The molecular weight excluding hydrogens is 233 g/mol. The average molecular weight is 254 g/mol. The molecule has 6 heteroatoms. The van der Waals surface area contributed by atoms with E-state index in [1.807, 2.05) is 0 Å². The third kappa shape index (κ3) is 5.70. The maximum absolute atomic E-state index is 12.0. The molecule has 0 spiro atoms. The maximum atomic E-state index is 12.0. The fraction of sp³-hybridized carbons (Fsp3) is 1.00. The fourth-order valence-electron chi connectivity index (χ4n) is 2.01. The van der Waals surface area contributed by atoms with Crippen LogP contribution in [0, 0.1) is 5.92 Å². The van der Waals surface area contributed by atoms with E-state index in [9.17, 15) is 13.2 Å². The minimum atomic E-state index is -4.51. The molecule has 0 aliphatic carbocycles. The van der Waals surface area contributed by atoms with Gasteiger partial charge in [-0.05, 0) is 51.9 Å². The zero-order chi connectivity index (χ0) is 12.9. The largest absolute Gasteiger partial charge is 0.415 e. The molecule has 1 atom stereocenters. The van der Waals surface area contributed by atoms with Gasteiger partial charge in [0.2, 0.25) is 0 Å². The molecule has 2 N–H and O–H groups in total. The Morgan fingerprint density at radius 3 is 2.47 bits per heavy atom. The number of hydrogen-bond acceptors (Lipinski definition) is 3. The minimum absolute atomic E-state index is 0.407. The van der Waals surface area contributed by atoms with E-state index in [4.69, 9.17) is 5.11 Å². The number of piperidine rings is 1. The Bertz CT molecular complexity index is 215. The van der Waals surface area contributed by atoms with Crippen molar-refractivity contribution in [2.75, 3.05) is 33.2 Å². The normalized spacial score (nSPS) is 21.7. The second-order valence-electron chi connectivity index (χ2n) is 4.80. The Balaban J connectivity index is 2.04. The zero-order valence-electron chi connectivity index (χ0n) is 10.1. The van der Waals surface area contributed by atoms with Gasteiger partial charge >= 0.3 is 6.18 Å². The molecule has 0 bridgehead atoms. The van der Waals surface area contributed by atoms with Crippen LogP contribution in [0.1, 0.15) is 19.3 Å². The van der Waals surface area contributed by atoms with Crippen LogP contribution in [0.5, 0.6) is 0 Å². The highest BCUT2D eigenvalue weighted by molar-refractivity contribution is 4.72. The van der Waals surface area contributed by atoms with Crippen molar-refractivity contribution in [3.8, 4) is 0 Å². The SMILES string of the molecule is CN1CCC(CCNCC(O)C(F)(F)F)CC1. The van der Waals surface area contributed by atoms with Gasteiger partial charge in [-0.15, -0.1) is 0 Å². The molecule has 1 fully saturated rings. The molecular formula is C11H21F3N2O. The van der Waals surface area contributed by atoms with Crippen molar-refractivity contribution in [2.24, 2.45) is 5.92 Å². The summed E-state index contributed by atoms with van der Waals surface area (Å²) in [4.78, 5) is 2.26. The number of nitrogens with one attached hydrogen (secondary N) is 1. The van der Waals surface area contributed by atoms with Crippen molar-refractivity contribution in [1.82, 2.24) is 10.2 Å². The number of rotatable bonds is 5. The first kappa shape index (κ1) is 14.7. The highest BCUT2D eigenvalue weighted by Crippen LogP contribution is 2.20. The molecule has 1 heterocycles. The van der Waals surface area contributed by atoms with Crippen molar-refractivity contribution in [2.45, 2.75) is 31.5 Å². The molecule has 17 heavy (non-hydrogen) atoms. The molecule has 0 radical (unpaired) electrons. The number of hydrogen-bond donors (Lipinski definition) is 2. The lowest BCUT2D eigenvalue weighted by Gasteiger charge is -2.29. The second kappa shape index (κ2) is 6.56. The lowest BCUT2D eigenvalue weighted by Crippen LogP contribution is -2.39. The van der Waals surface area contributed by atoms with E-state index in [1.54, 1.807) is 0 Å². The van der Waals surface area contributed by atoms with E-state index in [0.29, 0.717) is 12.5 Å². The fourth-order valence-corrected chi connectivity index (χ4v) is 2.01. The number of aliphatic hydroxyl groups is 1. The lowest BCUT2D eigenvalue weighted by molar-refractivity contribution is -0.201. The Kier molecular flexibility index (Phi) is 5.69. The molecule has 102 valence electrons. The van der Waals surface area contributed by atoms with Crippen LogP contribution in [0.2, 0.25) is 0 Å². The van der Waals surface area contributed by atoms with Crippen molar-refractivity contribution >= 4 is 0 Å². The van der Waals surface area contributed by atoms with Gasteiger partial charge in [-0.1, -0.05) is 0 Å². The summed E-state index contributed by atoms with van der Waals surface area (Å²) >= 11 is 0. The number of nitrogens with zero attached hydrogens (tertiary/aromatic N) is 1. The van der Waals surface area contributed by atoms with Crippen molar-refractivity contribution in [3.63, 3.8) is 0 Å². The summed E-state index contributed by atoms with van der Waals surface area (Å²) in [6, 6.07) is 0. The molecule has 1 aliphatic rings. The second-order valence-corrected chi connectivity index (χ2v) is 4.80. The number of halogens is 3. The topological polar surface area (TPSA) is 35.5 Å². The molecule has 1 saturated heterocycles. The molecule has 0 aromatic heterocycles. The van der Waals surface area contributed by atoms with Crippen LogP contribution in [-0.4, -0.2) is 55.5 Å². The van der Waals surface area contributed by atoms with Gasteiger partial charge in [0, 0.05) is 6.54 Å². The Morgan fingerprint density at radius 1 is 1.35 bits per heavy atom. The molecule has 0 aromatic rings. The summed E-state index contributed by atoms with van der Waals surface area (Å²) in [7, 11) is 2.08. The van der Waals surface area contributed by atoms with Gasteiger partial charge in [0.25, 0.3) is 0 Å². The maximum Gasteiger partial charge on any atom is 0.415 e. The first-order valence-electron chi connectivity index (χ1n) is 6.03. The molecule has 3 nitrogen and oxygen atoms in total. The van der Waals surface area contributed by atoms with Gasteiger partial charge in [0.05, 0.1) is 0 Å². The first-order valence-corrected chi connectivity index (χ1v) is 6.03. The van der Waals surface area contributed by atoms with Crippen LogP contribution in [0.15, 0.2) is 0 Å². The average Bonchev–Trinajstić information content (AvgIpc) is 2.25. The minimum Gasteiger partial charge on any atom is -0.382 e. The molecule has 0 aromatic carbocycles.